The summed E-state index contributed by atoms with van der Waals surface area (Å²) in [6.07, 6.45) is 5.60. The molecule has 0 aromatic rings. The van der Waals surface area contributed by atoms with E-state index in [2.05, 4.69) is 6.58 Å². The lowest BCUT2D eigenvalue weighted by Gasteiger charge is -1.98. The second-order valence-corrected chi connectivity index (χ2v) is 2.09. The van der Waals surface area contributed by atoms with Crippen molar-refractivity contribution in [1.82, 2.24) is 0 Å². The molecule has 0 spiro atoms. The maximum Gasteiger partial charge on any atom is 0.0899 e. The smallest absolute Gasteiger partial charge is 0.0899 e. The topological polar surface area (TPSA) is 9.23 Å². The summed E-state index contributed by atoms with van der Waals surface area (Å²) in [5, 5.41) is 0. The lowest BCUT2D eigenvalue weighted by atomic mass is 10.1. The lowest BCUT2D eigenvalue weighted by molar-refractivity contribution is 0.335. The molecular weight excluding hydrogens is 124 g/mol. The fourth-order valence-corrected chi connectivity index (χ4v) is 0.589. The second-order valence-electron chi connectivity index (χ2n) is 2.09. The first-order valence-electron chi connectivity index (χ1n) is 3.24. The lowest BCUT2D eigenvalue weighted by Crippen LogP contribution is -1.80. The van der Waals surface area contributed by atoms with Crippen LogP contribution < -0.4 is 0 Å². The van der Waals surface area contributed by atoms with Crippen molar-refractivity contribution in [3.63, 3.8) is 0 Å². The summed E-state index contributed by atoms with van der Waals surface area (Å²) in [5.41, 5.74) is 2.05. The zero-order valence-corrected chi connectivity index (χ0v) is 6.85. The van der Waals surface area contributed by atoms with E-state index in [4.69, 9.17) is 4.74 Å². The molecular formula is C9H14O. The van der Waals surface area contributed by atoms with E-state index >= 15 is 0 Å². The molecule has 0 aliphatic rings. The molecule has 0 rings (SSSR count). The highest BCUT2D eigenvalue weighted by Crippen LogP contribution is 2.07. The van der Waals surface area contributed by atoms with Gasteiger partial charge in [0.25, 0.3) is 0 Å². The third kappa shape index (κ3) is 3.13. The largest absolute Gasteiger partial charge is 0.504 e. The Kier molecular flexibility index (Phi) is 4.38. The van der Waals surface area contributed by atoms with E-state index < -0.39 is 0 Å². The van der Waals surface area contributed by atoms with Crippen molar-refractivity contribution in [2.24, 2.45) is 0 Å². The van der Waals surface area contributed by atoms with E-state index in [9.17, 15) is 0 Å². The van der Waals surface area contributed by atoms with Crippen LogP contribution in [0.5, 0.6) is 0 Å². The molecule has 10 heavy (non-hydrogen) atoms. The van der Waals surface area contributed by atoms with Gasteiger partial charge in [-0.15, -0.1) is 0 Å². The van der Waals surface area contributed by atoms with Gasteiger partial charge in [0.1, 0.15) is 0 Å². The van der Waals surface area contributed by atoms with Gasteiger partial charge in [0.15, 0.2) is 0 Å². The van der Waals surface area contributed by atoms with Crippen LogP contribution in [0.2, 0.25) is 0 Å². The van der Waals surface area contributed by atoms with E-state index in [0.717, 1.165) is 11.1 Å². The highest BCUT2D eigenvalue weighted by molar-refractivity contribution is 5.34. The zero-order chi connectivity index (χ0) is 7.98. The number of allylic oxidation sites excluding steroid dienone is 4. The fourth-order valence-electron chi connectivity index (χ4n) is 0.589. The molecule has 0 aliphatic carbocycles. The molecule has 0 unspecified atom stereocenters. The number of hydrogen-bond donors (Lipinski definition) is 0. The van der Waals surface area contributed by atoms with Crippen LogP contribution in [0.3, 0.4) is 0 Å². The molecule has 0 fully saturated rings. The first kappa shape index (κ1) is 9.02. The summed E-state index contributed by atoms with van der Waals surface area (Å²) in [4.78, 5) is 0. The Bertz CT molecular complexity index is 164. The summed E-state index contributed by atoms with van der Waals surface area (Å²) in [7, 11) is 1.63. The van der Waals surface area contributed by atoms with Crippen LogP contribution in [0.4, 0.5) is 0 Å². The Morgan fingerprint density at radius 2 is 2.10 bits per heavy atom. The Balaban J connectivity index is 4.26. The van der Waals surface area contributed by atoms with Gasteiger partial charge in [0, 0.05) is 5.57 Å². The van der Waals surface area contributed by atoms with E-state index in [1.165, 1.54) is 0 Å². The number of hydrogen-bond acceptors (Lipinski definition) is 1. The summed E-state index contributed by atoms with van der Waals surface area (Å²) in [5.74, 6) is 0. The van der Waals surface area contributed by atoms with Crippen molar-refractivity contribution < 1.29 is 4.74 Å². The molecule has 0 saturated heterocycles. The van der Waals surface area contributed by atoms with Gasteiger partial charge in [0.05, 0.1) is 13.4 Å². The first-order valence-corrected chi connectivity index (χ1v) is 3.24. The monoisotopic (exact) mass is 138 g/mol. The van der Waals surface area contributed by atoms with Crippen LogP contribution in [0.15, 0.2) is 36.1 Å². The molecule has 0 aromatic carbocycles. The molecule has 0 heterocycles. The van der Waals surface area contributed by atoms with Crippen molar-refractivity contribution in [1.29, 1.82) is 0 Å². The minimum atomic E-state index is 1.01. The Morgan fingerprint density at radius 3 is 2.40 bits per heavy atom. The van der Waals surface area contributed by atoms with E-state index in [1.54, 1.807) is 13.4 Å². The Morgan fingerprint density at radius 1 is 1.50 bits per heavy atom. The minimum Gasteiger partial charge on any atom is -0.504 e. The molecule has 1 heteroatoms. The SMILES string of the molecule is C=C(C)C(C=CC)=COC. The molecule has 1 nitrogen and oxygen atoms in total. The summed E-state index contributed by atoms with van der Waals surface area (Å²) < 4.78 is 4.84. The number of ether oxygens (including phenoxy) is 1. The molecule has 0 aromatic heterocycles. The van der Waals surface area contributed by atoms with Crippen LogP contribution in [0, 0.1) is 0 Å². The third-order valence-corrected chi connectivity index (χ3v) is 1.08. The maximum atomic E-state index is 4.84. The summed E-state index contributed by atoms with van der Waals surface area (Å²) in [6.45, 7) is 7.71. The molecule has 0 aliphatic heterocycles. The second kappa shape index (κ2) is 4.86. The molecule has 0 bridgehead atoms. The van der Waals surface area contributed by atoms with Crippen molar-refractivity contribution in [3.05, 3.63) is 36.1 Å². The fraction of sp³-hybridized carbons (Fsp3) is 0.333. The minimum absolute atomic E-state index is 1.01. The molecule has 0 radical (unpaired) electrons. The van der Waals surface area contributed by atoms with Crippen molar-refractivity contribution in [2.75, 3.05) is 7.11 Å². The summed E-state index contributed by atoms with van der Waals surface area (Å²) >= 11 is 0. The highest BCUT2D eigenvalue weighted by Gasteiger charge is 1.89. The molecule has 56 valence electrons. The molecule has 0 saturated carbocycles. The van der Waals surface area contributed by atoms with Crippen LogP contribution in [-0.2, 0) is 4.74 Å². The molecule has 0 atom stereocenters. The van der Waals surface area contributed by atoms with Gasteiger partial charge < -0.3 is 4.74 Å². The van der Waals surface area contributed by atoms with Gasteiger partial charge in [-0.25, -0.2) is 0 Å². The van der Waals surface area contributed by atoms with Gasteiger partial charge in [-0.1, -0.05) is 18.7 Å². The maximum absolute atomic E-state index is 4.84. The molecule has 0 N–H and O–H groups in total. The average molecular weight is 138 g/mol. The van der Waals surface area contributed by atoms with E-state index in [1.807, 2.05) is 26.0 Å². The summed E-state index contributed by atoms with van der Waals surface area (Å²) in [6, 6.07) is 0. The molecule has 0 amide bonds. The van der Waals surface area contributed by atoms with Crippen molar-refractivity contribution in [3.8, 4) is 0 Å². The van der Waals surface area contributed by atoms with Crippen molar-refractivity contribution >= 4 is 0 Å². The van der Waals surface area contributed by atoms with Crippen LogP contribution in [0.1, 0.15) is 13.8 Å². The first-order chi connectivity index (χ1) is 4.72. The Labute approximate surface area is 62.7 Å². The van der Waals surface area contributed by atoms with Crippen LogP contribution in [-0.4, -0.2) is 7.11 Å². The predicted octanol–water partition coefficient (Wildman–Crippen LogP) is 2.67. The zero-order valence-electron chi connectivity index (χ0n) is 6.85. The van der Waals surface area contributed by atoms with Crippen LogP contribution in [0.25, 0.3) is 0 Å². The third-order valence-electron chi connectivity index (χ3n) is 1.08. The average Bonchev–Trinajstić information content (AvgIpc) is 1.87. The van der Waals surface area contributed by atoms with E-state index in [0.29, 0.717) is 0 Å². The predicted molar refractivity (Wildman–Crippen MR) is 44.7 cm³/mol. The van der Waals surface area contributed by atoms with Gasteiger partial charge in [0.2, 0.25) is 0 Å². The van der Waals surface area contributed by atoms with Crippen molar-refractivity contribution in [2.45, 2.75) is 13.8 Å². The Hall–Kier alpha value is -0.980. The van der Waals surface area contributed by atoms with Gasteiger partial charge >= 0.3 is 0 Å². The standard InChI is InChI=1S/C9H14O/c1-5-6-9(7-10-4)8(2)3/h5-7H,2H2,1,3-4H3. The van der Waals surface area contributed by atoms with Gasteiger partial charge in [-0.3, -0.25) is 0 Å². The quantitative estimate of drug-likeness (QED) is 0.430. The number of methoxy groups -OCH3 is 1. The van der Waals surface area contributed by atoms with Gasteiger partial charge in [-0.2, -0.15) is 0 Å². The number of rotatable bonds is 3. The van der Waals surface area contributed by atoms with E-state index in [-0.39, 0.29) is 0 Å². The van der Waals surface area contributed by atoms with Gasteiger partial charge in [-0.05, 0) is 19.4 Å². The normalized spacial score (nSPS) is 12.1. The van der Waals surface area contributed by atoms with Crippen LogP contribution >= 0.6 is 0 Å². The highest BCUT2D eigenvalue weighted by atomic mass is 16.5.